The molecule has 3 aliphatic rings. The Hall–Kier alpha value is -3.19. The minimum atomic E-state index is -0.379. The maximum Gasteiger partial charge on any atom is 0.231 e. The van der Waals surface area contributed by atoms with Gasteiger partial charge in [-0.15, -0.1) is 11.3 Å². The van der Waals surface area contributed by atoms with Gasteiger partial charge in [0.15, 0.2) is 23.0 Å². The predicted octanol–water partition coefficient (Wildman–Crippen LogP) is 4.73. The summed E-state index contributed by atoms with van der Waals surface area (Å²) in [5.41, 5.74) is 3.14. The first-order valence-electron chi connectivity index (χ1n) is 9.44. The van der Waals surface area contributed by atoms with Crippen LogP contribution >= 0.6 is 11.3 Å². The Morgan fingerprint density at radius 1 is 1.10 bits per heavy atom. The highest BCUT2D eigenvalue weighted by Gasteiger charge is 2.42. The van der Waals surface area contributed by atoms with Crippen molar-refractivity contribution in [3.8, 4) is 23.0 Å². The molecule has 4 heterocycles. The molecule has 3 aliphatic heterocycles. The topological polar surface area (TPSA) is 52.5 Å². The first kappa shape index (κ1) is 16.7. The van der Waals surface area contributed by atoms with Gasteiger partial charge in [0.2, 0.25) is 13.0 Å². The normalized spacial score (nSPS) is 21.3. The van der Waals surface area contributed by atoms with E-state index in [1.54, 1.807) is 18.4 Å². The van der Waals surface area contributed by atoms with Crippen LogP contribution in [0.5, 0.6) is 23.0 Å². The zero-order valence-electron chi connectivity index (χ0n) is 15.7. The molecule has 0 aliphatic carbocycles. The van der Waals surface area contributed by atoms with Crippen molar-refractivity contribution in [2.45, 2.75) is 18.7 Å². The van der Waals surface area contributed by atoms with E-state index in [2.05, 4.69) is 28.6 Å². The van der Waals surface area contributed by atoms with Gasteiger partial charge >= 0.3 is 0 Å². The van der Waals surface area contributed by atoms with Crippen LogP contribution in [0.3, 0.4) is 0 Å². The number of thiophene rings is 1. The highest BCUT2D eigenvalue weighted by atomic mass is 32.1. The van der Waals surface area contributed by atoms with E-state index in [0.717, 1.165) is 46.3 Å². The molecular formula is C22H18N2O4S. The monoisotopic (exact) mass is 406 g/mol. The van der Waals surface area contributed by atoms with Crippen molar-refractivity contribution in [2.24, 2.45) is 5.10 Å². The lowest BCUT2D eigenvalue weighted by Gasteiger charge is -2.38. The summed E-state index contributed by atoms with van der Waals surface area (Å²) in [4.78, 5) is 1.19. The maximum atomic E-state index is 6.48. The molecule has 0 saturated carbocycles. The van der Waals surface area contributed by atoms with Gasteiger partial charge in [-0.2, -0.15) is 5.10 Å². The molecule has 6 nitrogen and oxygen atoms in total. The molecule has 6 rings (SSSR count). The van der Waals surface area contributed by atoms with Gasteiger partial charge < -0.3 is 18.9 Å². The van der Waals surface area contributed by atoms with E-state index in [1.165, 1.54) is 4.88 Å². The predicted molar refractivity (Wildman–Crippen MR) is 109 cm³/mol. The Kier molecular flexibility index (Phi) is 3.70. The van der Waals surface area contributed by atoms with E-state index in [1.807, 2.05) is 30.3 Å². The molecule has 0 spiro atoms. The van der Waals surface area contributed by atoms with Crippen LogP contribution in [0.15, 0.2) is 59.0 Å². The number of ether oxygens (including phenoxy) is 4. The molecule has 3 aromatic rings. The molecule has 29 heavy (non-hydrogen) atoms. The summed E-state index contributed by atoms with van der Waals surface area (Å²) in [6, 6.07) is 16.2. The van der Waals surface area contributed by atoms with Gasteiger partial charge in [-0.3, -0.25) is 0 Å². The van der Waals surface area contributed by atoms with Crippen LogP contribution < -0.4 is 18.9 Å². The minimum absolute atomic E-state index is 0.0846. The number of nitrogens with zero attached hydrogens (tertiary/aromatic N) is 2. The van der Waals surface area contributed by atoms with Gasteiger partial charge in [0.05, 0.1) is 23.7 Å². The number of rotatable bonds is 3. The highest BCUT2D eigenvalue weighted by molar-refractivity contribution is 7.12. The van der Waals surface area contributed by atoms with E-state index in [-0.39, 0.29) is 19.1 Å². The van der Waals surface area contributed by atoms with Crippen molar-refractivity contribution in [1.29, 1.82) is 0 Å². The number of methoxy groups -OCH3 is 1. The molecular weight excluding hydrogens is 388 g/mol. The Morgan fingerprint density at radius 3 is 2.90 bits per heavy atom. The molecule has 2 aromatic carbocycles. The zero-order chi connectivity index (χ0) is 19.4. The van der Waals surface area contributed by atoms with Crippen LogP contribution in [-0.2, 0) is 0 Å². The van der Waals surface area contributed by atoms with Crippen LogP contribution in [0.1, 0.15) is 34.7 Å². The summed E-state index contributed by atoms with van der Waals surface area (Å²) in [6.07, 6.45) is 0.446. The summed E-state index contributed by atoms with van der Waals surface area (Å²) in [6.45, 7) is 0.244. The molecule has 0 radical (unpaired) electrons. The Bertz CT molecular complexity index is 1110. The Morgan fingerprint density at radius 2 is 2.03 bits per heavy atom. The molecule has 7 heteroatoms. The minimum Gasteiger partial charge on any atom is -0.493 e. The van der Waals surface area contributed by atoms with Crippen molar-refractivity contribution in [3.63, 3.8) is 0 Å². The van der Waals surface area contributed by atoms with E-state index < -0.39 is 0 Å². The fraction of sp³-hybridized carbons (Fsp3) is 0.227. The second kappa shape index (κ2) is 6.42. The summed E-state index contributed by atoms with van der Waals surface area (Å²) >= 11 is 1.71. The lowest BCUT2D eigenvalue weighted by molar-refractivity contribution is -0.0209. The van der Waals surface area contributed by atoms with Gasteiger partial charge in [-0.25, -0.2) is 5.01 Å². The van der Waals surface area contributed by atoms with Crippen molar-refractivity contribution in [3.05, 3.63) is 69.9 Å². The zero-order valence-corrected chi connectivity index (χ0v) is 16.5. The molecule has 1 aromatic heterocycles. The molecule has 2 unspecified atom stereocenters. The van der Waals surface area contributed by atoms with Crippen LogP contribution in [0.25, 0.3) is 0 Å². The van der Waals surface area contributed by atoms with Crippen LogP contribution in [-0.4, -0.2) is 24.6 Å². The average Bonchev–Trinajstić information content (AvgIpc) is 3.52. The van der Waals surface area contributed by atoms with Crippen LogP contribution in [0.2, 0.25) is 0 Å². The smallest absolute Gasteiger partial charge is 0.231 e. The Labute approximate surface area is 171 Å². The molecule has 0 N–H and O–H groups in total. The largest absolute Gasteiger partial charge is 0.493 e. The fourth-order valence-corrected chi connectivity index (χ4v) is 4.84. The number of hydrogen-bond donors (Lipinski definition) is 0. The SMILES string of the molecule is COc1cccc2c1OC(c1ccc3c(c1)OCO3)N1N=C(c3cccs3)CC21. The van der Waals surface area contributed by atoms with E-state index in [0.29, 0.717) is 0 Å². The molecule has 2 atom stereocenters. The summed E-state index contributed by atoms with van der Waals surface area (Å²) in [5, 5.41) is 9.13. The molecule has 0 amide bonds. The van der Waals surface area contributed by atoms with Crippen LogP contribution in [0, 0.1) is 0 Å². The van der Waals surface area contributed by atoms with Crippen LogP contribution in [0.4, 0.5) is 0 Å². The second-order valence-electron chi connectivity index (χ2n) is 7.09. The van der Waals surface area contributed by atoms with Crippen molar-refractivity contribution in [2.75, 3.05) is 13.9 Å². The van der Waals surface area contributed by atoms with Crippen molar-refractivity contribution >= 4 is 17.0 Å². The molecule has 0 bridgehead atoms. The third-order valence-electron chi connectivity index (χ3n) is 5.49. The van der Waals surface area contributed by atoms with Crippen molar-refractivity contribution < 1.29 is 18.9 Å². The maximum absolute atomic E-state index is 6.48. The number of hydrazone groups is 1. The average molecular weight is 406 g/mol. The molecule has 0 saturated heterocycles. The van der Waals surface area contributed by atoms with Gasteiger partial charge in [0.25, 0.3) is 0 Å². The number of hydrogen-bond acceptors (Lipinski definition) is 7. The fourth-order valence-electron chi connectivity index (χ4n) is 4.12. The first-order chi connectivity index (χ1) is 14.3. The quantitative estimate of drug-likeness (QED) is 0.630. The first-order valence-corrected chi connectivity index (χ1v) is 10.3. The highest BCUT2D eigenvalue weighted by Crippen LogP contribution is 2.51. The third-order valence-corrected chi connectivity index (χ3v) is 6.41. The lowest BCUT2D eigenvalue weighted by atomic mass is 9.97. The van der Waals surface area contributed by atoms with E-state index in [9.17, 15) is 0 Å². The van der Waals surface area contributed by atoms with Crippen molar-refractivity contribution in [1.82, 2.24) is 5.01 Å². The molecule has 0 fully saturated rings. The Balaban J connectivity index is 1.48. The summed E-state index contributed by atoms with van der Waals surface area (Å²) in [7, 11) is 1.67. The number of benzene rings is 2. The number of para-hydroxylation sites is 1. The summed E-state index contributed by atoms with van der Waals surface area (Å²) < 4.78 is 23.1. The standard InChI is InChI=1S/C22H18N2O4S/c1-25-18-5-2-4-14-16-11-15(20-6-3-9-29-20)23-24(16)22(28-21(14)18)13-7-8-17-19(10-13)27-12-26-17/h2-10,16,22H,11-12H2,1H3. The third kappa shape index (κ3) is 2.57. The van der Waals surface area contributed by atoms with Gasteiger partial charge in [0.1, 0.15) is 0 Å². The van der Waals surface area contributed by atoms with E-state index >= 15 is 0 Å². The number of fused-ring (bicyclic) bond motifs is 4. The van der Waals surface area contributed by atoms with Gasteiger partial charge in [0, 0.05) is 17.5 Å². The molecule has 146 valence electrons. The van der Waals surface area contributed by atoms with Gasteiger partial charge in [-0.1, -0.05) is 18.2 Å². The van der Waals surface area contributed by atoms with Gasteiger partial charge in [-0.05, 0) is 35.7 Å². The van der Waals surface area contributed by atoms with E-state index in [4.69, 9.17) is 24.0 Å². The summed E-state index contributed by atoms with van der Waals surface area (Å²) in [5.74, 6) is 3.00. The lowest BCUT2D eigenvalue weighted by Crippen LogP contribution is -2.33. The second-order valence-corrected chi connectivity index (χ2v) is 8.03.